The number of hydrogen-bond acceptors (Lipinski definition) is 5. The number of amides is 2. The molecule has 0 spiro atoms. The van der Waals surface area contributed by atoms with E-state index in [-0.39, 0.29) is 31.2 Å². The van der Waals surface area contributed by atoms with Gasteiger partial charge in [0.1, 0.15) is 0 Å². The Hall–Kier alpha value is -0.790. The lowest BCUT2D eigenvalue weighted by Crippen LogP contribution is -2.30. The summed E-state index contributed by atoms with van der Waals surface area (Å²) >= 11 is 1.30. The highest BCUT2D eigenvalue weighted by molar-refractivity contribution is 7.99. The van der Waals surface area contributed by atoms with Crippen LogP contribution < -0.4 is 5.73 Å². The Balaban J connectivity index is 2.18. The van der Waals surface area contributed by atoms with Crippen LogP contribution in [0.4, 0.5) is 0 Å². The van der Waals surface area contributed by atoms with Gasteiger partial charge in [0.05, 0.1) is 18.0 Å². The molecule has 1 aliphatic heterocycles. The highest BCUT2D eigenvalue weighted by Gasteiger charge is 2.31. The van der Waals surface area contributed by atoms with Crippen molar-refractivity contribution in [2.24, 2.45) is 5.73 Å². The molecule has 1 saturated heterocycles. The maximum Gasteiger partial charge on any atom is 0.227 e. The van der Waals surface area contributed by atoms with Gasteiger partial charge in [-0.2, -0.15) is 11.8 Å². The fraction of sp³-hybridized carbons (Fsp3) is 0.778. The molecule has 0 unspecified atom stereocenters. The van der Waals surface area contributed by atoms with Crippen molar-refractivity contribution >= 4 is 23.6 Å². The van der Waals surface area contributed by atoms with Crippen molar-refractivity contribution in [3.8, 4) is 0 Å². The van der Waals surface area contributed by atoms with E-state index >= 15 is 0 Å². The van der Waals surface area contributed by atoms with Gasteiger partial charge >= 0.3 is 0 Å². The number of primary amides is 1. The van der Waals surface area contributed by atoms with Crippen LogP contribution in [0.25, 0.3) is 0 Å². The minimum Gasteiger partial charge on any atom is -0.388 e. The number of nitrogens with two attached hydrogens (primary N) is 1. The molecule has 16 heavy (non-hydrogen) atoms. The molecule has 2 amide bonds. The van der Waals surface area contributed by atoms with Crippen LogP contribution in [-0.2, 0) is 9.59 Å². The van der Waals surface area contributed by atoms with Crippen LogP contribution in [0.2, 0.25) is 0 Å². The zero-order chi connectivity index (χ0) is 12.1. The number of nitrogens with zero attached hydrogens (tertiary/aromatic N) is 1. The Morgan fingerprint density at radius 1 is 1.31 bits per heavy atom. The molecule has 0 aromatic heterocycles. The summed E-state index contributed by atoms with van der Waals surface area (Å²) in [5.41, 5.74) is 4.95. The molecule has 4 N–H and O–H groups in total. The van der Waals surface area contributed by atoms with Crippen LogP contribution in [0.15, 0.2) is 0 Å². The number of β-amino-alcohol motifs (C(OH)–C–C–N with tert-alkyl or cyclic N) is 2. The maximum atomic E-state index is 11.6. The Morgan fingerprint density at radius 2 is 1.88 bits per heavy atom. The molecule has 0 aliphatic carbocycles. The number of hydrogen-bond donors (Lipinski definition) is 3. The number of carbonyl (C=O) groups excluding carboxylic acids is 2. The van der Waals surface area contributed by atoms with Crippen LogP contribution in [0.1, 0.15) is 6.42 Å². The number of thioether (sulfide) groups is 1. The Labute approximate surface area is 97.8 Å². The van der Waals surface area contributed by atoms with E-state index in [2.05, 4.69) is 0 Å². The minimum absolute atomic E-state index is 0.118. The monoisotopic (exact) mass is 248 g/mol. The molecule has 0 aromatic carbocycles. The van der Waals surface area contributed by atoms with Crippen molar-refractivity contribution in [3.05, 3.63) is 0 Å². The first-order chi connectivity index (χ1) is 7.50. The summed E-state index contributed by atoms with van der Waals surface area (Å²) < 4.78 is 0. The number of carbonyl (C=O) groups is 2. The topological polar surface area (TPSA) is 104 Å². The minimum atomic E-state index is -0.845. The summed E-state index contributed by atoms with van der Waals surface area (Å²) in [5, 5.41) is 18.5. The summed E-state index contributed by atoms with van der Waals surface area (Å²) in [6.07, 6.45) is -1.40. The molecule has 7 heteroatoms. The van der Waals surface area contributed by atoms with Gasteiger partial charge in [-0.25, -0.2) is 0 Å². The van der Waals surface area contributed by atoms with Crippen molar-refractivity contribution in [2.45, 2.75) is 18.6 Å². The number of aliphatic hydroxyl groups is 2. The van der Waals surface area contributed by atoms with Gasteiger partial charge in [0, 0.05) is 25.3 Å². The lowest BCUT2D eigenvalue weighted by Gasteiger charge is -2.14. The molecule has 0 radical (unpaired) electrons. The van der Waals surface area contributed by atoms with Crippen LogP contribution in [0.5, 0.6) is 0 Å². The van der Waals surface area contributed by atoms with E-state index in [1.165, 1.54) is 16.7 Å². The first-order valence-electron chi connectivity index (χ1n) is 5.00. The van der Waals surface area contributed by atoms with Crippen molar-refractivity contribution < 1.29 is 19.8 Å². The standard InChI is InChI=1S/C9H16N2O4S/c10-8(14)5-16-2-1-9(15)11-3-6(12)7(13)4-11/h6-7,12-13H,1-5H2,(H2,10,14)/t6-,7+. The first-order valence-corrected chi connectivity index (χ1v) is 6.16. The van der Waals surface area contributed by atoms with Crippen LogP contribution >= 0.6 is 11.8 Å². The molecule has 0 saturated carbocycles. The van der Waals surface area contributed by atoms with Gasteiger partial charge in [-0.3, -0.25) is 9.59 Å². The SMILES string of the molecule is NC(=O)CSCCC(=O)N1C[C@@H](O)[C@@H](O)C1. The largest absolute Gasteiger partial charge is 0.388 e. The van der Waals surface area contributed by atoms with E-state index in [1.54, 1.807) is 0 Å². The van der Waals surface area contributed by atoms with E-state index in [0.29, 0.717) is 5.75 Å². The second kappa shape index (κ2) is 6.07. The predicted octanol–water partition coefficient (Wildman–Crippen LogP) is -1.84. The second-order valence-corrected chi connectivity index (χ2v) is 4.81. The summed E-state index contributed by atoms with van der Waals surface area (Å²) in [7, 11) is 0. The van der Waals surface area contributed by atoms with Crippen molar-refractivity contribution in [1.82, 2.24) is 4.90 Å². The average molecular weight is 248 g/mol. The molecular weight excluding hydrogens is 232 g/mol. The summed E-state index contributed by atoms with van der Waals surface area (Å²) in [5.74, 6) is 0.209. The molecule has 0 bridgehead atoms. The maximum absolute atomic E-state index is 11.6. The van der Waals surface area contributed by atoms with Crippen LogP contribution in [-0.4, -0.2) is 63.7 Å². The lowest BCUT2D eigenvalue weighted by molar-refractivity contribution is -0.130. The average Bonchev–Trinajstić information content (AvgIpc) is 2.54. The molecule has 1 heterocycles. The summed E-state index contributed by atoms with van der Waals surface area (Å²) in [6, 6.07) is 0. The van der Waals surface area contributed by atoms with Crippen LogP contribution in [0.3, 0.4) is 0 Å². The molecule has 92 valence electrons. The number of rotatable bonds is 5. The van der Waals surface area contributed by atoms with Crippen LogP contribution in [0, 0.1) is 0 Å². The van der Waals surface area contributed by atoms with Gasteiger partial charge in [0.15, 0.2) is 0 Å². The fourth-order valence-corrected chi connectivity index (χ4v) is 2.13. The predicted molar refractivity (Wildman–Crippen MR) is 59.7 cm³/mol. The number of aliphatic hydroxyl groups excluding tert-OH is 2. The van der Waals surface area contributed by atoms with Gasteiger partial charge in [-0.1, -0.05) is 0 Å². The quantitative estimate of drug-likeness (QED) is 0.496. The Kier molecular flexibility index (Phi) is 5.04. The molecule has 6 nitrogen and oxygen atoms in total. The zero-order valence-electron chi connectivity index (χ0n) is 8.83. The van der Waals surface area contributed by atoms with Gasteiger partial charge in [-0.15, -0.1) is 0 Å². The molecule has 0 aromatic rings. The second-order valence-electron chi connectivity index (χ2n) is 3.70. The van der Waals surface area contributed by atoms with E-state index in [0.717, 1.165) is 0 Å². The van der Waals surface area contributed by atoms with Crippen molar-refractivity contribution in [1.29, 1.82) is 0 Å². The summed E-state index contributed by atoms with van der Waals surface area (Å²) in [6.45, 7) is 0.362. The van der Waals surface area contributed by atoms with E-state index in [4.69, 9.17) is 5.73 Å². The third-order valence-electron chi connectivity index (χ3n) is 2.32. The lowest BCUT2D eigenvalue weighted by atomic mass is 10.3. The number of likely N-dealkylation sites (tertiary alicyclic amines) is 1. The van der Waals surface area contributed by atoms with Crippen molar-refractivity contribution in [3.63, 3.8) is 0 Å². The van der Waals surface area contributed by atoms with Gasteiger partial charge in [-0.05, 0) is 0 Å². The van der Waals surface area contributed by atoms with E-state index < -0.39 is 18.1 Å². The van der Waals surface area contributed by atoms with Gasteiger partial charge < -0.3 is 20.8 Å². The Morgan fingerprint density at radius 3 is 2.38 bits per heavy atom. The molecular formula is C9H16N2O4S. The fourth-order valence-electron chi connectivity index (χ4n) is 1.46. The summed E-state index contributed by atoms with van der Waals surface area (Å²) in [4.78, 5) is 23.4. The normalized spacial score (nSPS) is 24.8. The zero-order valence-corrected chi connectivity index (χ0v) is 9.65. The van der Waals surface area contributed by atoms with E-state index in [1.807, 2.05) is 0 Å². The van der Waals surface area contributed by atoms with E-state index in [9.17, 15) is 19.8 Å². The third kappa shape index (κ3) is 3.99. The van der Waals surface area contributed by atoms with Crippen molar-refractivity contribution in [2.75, 3.05) is 24.6 Å². The molecule has 1 fully saturated rings. The highest BCUT2D eigenvalue weighted by atomic mass is 32.2. The Bertz CT molecular complexity index is 264. The highest BCUT2D eigenvalue weighted by Crippen LogP contribution is 2.12. The smallest absolute Gasteiger partial charge is 0.227 e. The third-order valence-corrected chi connectivity index (χ3v) is 3.30. The molecule has 2 atom stereocenters. The van der Waals surface area contributed by atoms with Gasteiger partial charge in [0.25, 0.3) is 0 Å². The molecule has 1 aliphatic rings. The molecule has 1 rings (SSSR count). The van der Waals surface area contributed by atoms with Gasteiger partial charge in [0.2, 0.25) is 11.8 Å². The first kappa shape index (κ1) is 13.3.